The summed E-state index contributed by atoms with van der Waals surface area (Å²) in [4.78, 5) is 0. The maximum Gasteiger partial charge on any atom is 0.458 e. The lowest BCUT2D eigenvalue weighted by molar-refractivity contribution is -0.189. The Morgan fingerprint density at radius 2 is 1.27 bits per heavy atom. The van der Waals surface area contributed by atoms with Gasteiger partial charge in [0.25, 0.3) is 0 Å². The maximum absolute atomic E-state index is 15.2. The first-order chi connectivity index (χ1) is 23.1. The van der Waals surface area contributed by atoms with Crippen molar-refractivity contribution in [3.8, 4) is 39.8 Å². The average Bonchev–Trinajstić information content (AvgIpc) is 2.99. The molecule has 49 heavy (non-hydrogen) atoms. The number of ether oxygens (including phenoxy) is 1. The Bertz CT molecular complexity index is 2070. The van der Waals surface area contributed by atoms with Crippen molar-refractivity contribution >= 4 is 10.8 Å². The van der Waals surface area contributed by atoms with E-state index in [0.717, 1.165) is 37.3 Å². The molecule has 1 nitrogen and oxygen atoms in total. The van der Waals surface area contributed by atoms with E-state index in [9.17, 15) is 26.3 Å². The van der Waals surface area contributed by atoms with E-state index in [1.165, 1.54) is 18.1 Å². The molecular weight excluding hydrogens is 669 g/mol. The van der Waals surface area contributed by atoms with Gasteiger partial charge in [-0.05, 0) is 70.8 Å². The van der Waals surface area contributed by atoms with Gasteiger partial charge in [-0.25, -0.2) is 26.3 Å². The van der Waals surface area contributed by atoms with Crippen molar-refractivity contribution in [2.75, 3.05) is 0 Å². The number of hydrogen-bond acceptors (Lipinski definition) is 1. The molecule has 0 aromatic heterocycles. The Morgan fingerprint density at radius 3 is 1.88 bits per heavy atom. The number of halogens is 11. The van der Waals surface area contributed by atoms with Gasteiger partial charge < -0.3 is 4.74 Å². The average molecular weight is 693 g/mol. The second-order valence-electron chi connectivity index (χ2n) is 11.1. The van der Waals surface area contributed by atoms with Crippen LogP contribution in [0.5, 0.6) is 5.75 Å². The first-order valence-electron chi connectivity index (χ1n) is 14.7. The number of fused-ring (bicyclic) bond motifs is 1. The lowest BCUT2D eigenvalue weighted by Gasteiger charge is -2.20. The van der Waals surface area contributed by atoms with Gasteiger partial charge in [-0.15, -0.1) is 0 Å². The van der Waals surface area contributed by atoms with E-state index in [0.29, 0.717) is 41.3 Å². The van der Waals surface area contributed by atoms with Gasteiger partial charge in [-0.3, -0.25) is 0 Å². The molecule has 0 N–H and O–H groups in total. The van der Waals surface area contributed by atoms with Gasteiger partial charge in [0.15, 0.2) is 5.82 Å². The van der Waals surface area contributed by atoms with Crippen molar-refractivity contribution in [1.29, 1.82) is 0 Å². The number of rotatable bonds is 9. The van der Waals surface area contributed by atoms with Crippen LogP contribution in [0.1, 0.15) is 42.9 Å². The quantitative estimate of drug-likeness (QED) is 0.0849. The number of alkyl halides is 5. The zero-order valence-electron chi connectivity index (χ0n) is 25.3. The largest absolute Gasteiger partial charge is 0.458 e. The van der Waals surface area contributed by atoms with Crippen LogP contribution in [0.2, 0.25) is 0 Å². The van der Waals surface area contributed by atoms with Crippen LogP contribution in [0.25, 0.3) is 33.0 Å². The van der Waals surface area contributed by atoms with Crippen molar-refractivity contribution in [2.24, 2.45) is 0 Å². The predicted molar refractivity (Wildman–Crippen MR) is 162 cm³/mol. The molecule has 5 aromatic rings. The summed E-state index contributed by atoms with van der Waals surface area (Å²) in [7, 11) is 0. The predicted octanol–water partition coefficient (Wildman–Crippen LogP) is 11.8. The van der Waals surface area contributed by atoms with Crippen LogP contribution >= 0.6 is 0 Å². The van der Waals surface area contributed by atoms with E-state index in [-0.39, 0.29) is 11.6 Å². The van der Waals surface area contributed by atoms with Crippen LogP contribution < -0.4 is 4.74 Å². The molecule has 0 aliphatic rings. The van der Waals surface area contributed by atoms with Gasteiger partial charge in [0.05, 0.1) is 10.9 Å². The van der Waals surface area contributed by atoms with Gasteiger partial charge >= 0.3 is 12.3 Å². The smallest absolute Gasteiger partial charge is 0.429 e. The Morgan fingerprint density at radius 1 is 0.633 bits per heavy atom. The highest BCUT2D eigenvalue weighted by Crippen LogP contribution is 2.39. The lowest BCUT2D eigenvalue weighted by atomic mass is 9.97. The van der Waals surface area contributed by atoms with Crippen molar-refractivity contribution < 1.29 is 53.0 Å². The fourth-order valence-corrected chi connectivity index (χ4v) is 5.27. The number of benzene rings is 5. The molecule has 0 amide bonds. The van der Waals surface area contributed by atoms with Gasteiger partial charge in [-0.1, -0.05) is 62.1 Å². The molecule has 0 bridgehead atoms. The maximum atomic E-state index is 15.2. The highest BCUT2D eigenvalue weighted by molar-refractivity contribution is 5.87. The summed E-state index contributed by atoms with van der Waals surface area (Å²) in [5.41, 5.74) is -1.81. The van der Waals surface area contributed by atoms with Crippen molar-refractivity contribution in [1.82, 2.24) is 0 Å². The van der Waals surface area contributed by atoms with Crippen molar-refractivity contribution in [2.45, 2.75) is 44.9 Å². The zero-order chi connectivity index (χ0) is 35.7. The van der Waals surface area contributed by atoms with Gasteiger partial charge in [0.1, 0.15) is 40.4 Å². The van der Waals surface area contributed by atoms with Crippen LogP contribution in [-0.2, 0) is 12.5 Å². The van der Waals surface area contributed by atoms with Gasteiger partial charge in [0.2, 0.25) is 0 Å². The van der Waals surface area contributed by atoms with E-state index < -0.39 is 80.4 Å². The number of unbranched alkanes of at least 4 members (excludes halogenated alkanes) is 2. The van der Waals surface area contributed by atoms with Crippen molar-refractivity contribution in [3.63, 3.8) is 0 Å². The number of aryl methyl sites for hydroxylation is 1. The topological polar surface area (TPSA) is 9.23 Å². The SMILES string of the molecule is CCCCCc1ccc(-c2ccc(-c3cc(F)c(C(F)(F)Oc4cc(F)c5c(F)c(C#CC(F)(F)F)c(F)cc5c4)c(F)c3)c(F)c2)cc1. The van der Waals surface area contributed by atoms with Crippen LogP contribution in [0, 0.1) is 46.7 Å². The molecule has 0 spiro atoms. The molecule has 5 aromatic carbocycles. The summed E-state index contributed by atoms with van der Waals surface area (Å²) in [5.74, 6) is -9.06. The molecule has 0 unspecified atom stereocenters. The molecule has 0 aliphatic carbocycles. The molecule has 5 rings (SSSR count). The van der Waals surface area contributed by atoms with Crippen molar-refractivity contribution in [3.05, 3.63) is 124 Å². The molecule has 0 aliphatic heterocycles. The summed E-state index contributed by atoms with van der Waals surface area (Å²) in [6.45, 7) is 2.10. The fraction of sp³-hybridized carbons (Fsp3) is 0.189. The summed E-state index contributed by atoms with van der Waals surface area (Å²) >= 11 is 0. The molecular formula is C37H23F11O. The van der Waals surface area contributed by atoms with Gasteiger partial charge in [0, 0.05) is 17.6 Å². The summed E-state index contributed by atoms with van der Waals surface area (Å²) in [5, 5.41) is -1.87. The third-order valence-corrected chi connectivity index (χ3v) is 7.60. The monoisotopic (exact) mass is 692 g/mol. The summed E-state index contributed by atoms with van der Waals surface area (Å²) in [6, 6.07) is 13.2. The Balaban J connectivity index is 1.41. The summed E-state index contributed by atoms with van der Waals surface area (Å²) < 4.78 is 161. The third-order valence-electron chi connectivity index (χ3n) is 7.60. The van der Waals surface area contributed by atoms with E-state index in [1.54, 1.807) is 0 Å². The standard InChI is InChI=1S/C37H23F11O/c1-2-3-4-5-20-6-8-21(9-7-20)22-10-11-26(28(38)15-22)23-16-31(41)34(32(42)17-23)37(47,48)49-25-14-24-18-29(39)27(12-13-36(44,45)46)35(43)33(24)30(40)19-25/h6-11,14-19H,2-5H2,1H3. The first kappa shape index (κ1) is 35.3. The minimum absolute atomic E-state index is 0.166. The van der Waals surface area contributed by atoms with E-state index >= 15 is 22.0 Å². The molecule has 0 saturated carbocycles. The van der Waals surface area contributed by atoms with Crippen LogP contribution in [-0.4, -0.2) is 6.18 Å². The molecule has 0 saturated heterocycles. The van der Waals surface area contributed by atoms with E-state index in [4.69, 9.17) is 0 Å². The first-order valence-corrected chi connectivity index (χ1v) is 14.7. The van der Waals surface area contributed by atoms with Crippen LogP contribution in [0.15, 0.2) is 72.8 Å². The Labute approximate surface area is 273 Å². The van der Waals surface area contributed by atoms with E-state index in [2.05, 4.69) is 11.7 Å². The normalized spacial score (nSPS) is 11.8. The molecule has 254 valence electrons. The second kappa shape index (κ2) is 13.8. The second-order valence-corrected chi connectivity index (χ2v) is 11.1. The van der Waals surface area contributed by atoms with E-state index in [1.807, 2.05) is 24.3 Å². The molecule has 0 heterocycles. The minimum Gasteiger partial charge on any atom is -0.429 e. The molecule has 0 atom stereocenters. The van der Waals surface area contributed by atoms with Gasteiger partial charge in [-0.2, -0.15) is 22.0 Å². The lowest BCUT2D eigenvalue weighted by Crippen LogP contribution is -2.25. The zero-order valence-corrected chi connectivity index (χ0v) is 25.3. The number of hydrogen-bond donors (Lipinski definition) is 0. The summed E-state index contributed by atoms with van der Waals surface area (Å²) in [6.07, 6.45) is -5.87. The Hall–Kier alpha value is -5.05. The fourth-order valence-electron chi connectivity index (χ4n) is 5.27. The third kappa shape index (κ3) is 7.82. The highest BCUT2D eigenvalue weighted by Gasteiger charge is 2.41. The Kier molecular flexibility index (Phi) is 9.95. The highest BCUT2D eigenvalue weighted by atomic mass is 19.4. The van der Waals surface area contributed by atoms with Crippen LogP contribution in [0.4, 0.5) is 48.3 Å². The molecule has 0 fully saturated rings. The van der Waals surface area contributed by atoms with Crippen LogP contribution in [0.3, 0.4) is 0 Å². The minimum atomic E-state index is -5.13. The molecule has 0 radical (unpaired) electrons. The molecule has 12 heteroatoms.